The molecule has 7 heteroatoms. The van der Waals surface area contributed by atoms with Crippen molar-refractivity contribution < 1.29 is 5.11 Å². The van der Waals surface area contributed by atoms with Crippen LogP contribution in [0.1, 0.15) is 6.92 Å². The number of thioether (sulfide) groups is 1. The number of fused-ring (bicyclic) bond motifs is 1. The SMILES string of the molecule is C=C(Cl)CSc1nc2ccc(Br)cc2c(=O)n1C[C@@H](C)O. The number of aliphatic hydroxyl groups excluding tert-OH is 1. The van der Waals surface area contributed by atoms with Gasteiger partial charge in [0.2, 0.25) is 0 Å². The zero-order valence-corrected chi connectivity index (χ0v) is 14.5. The van der Waals surface area contributed by atoms with Crippen molar-refractivity contribution in [3.63, 3.8) is 0 Å². The van der Waals surface area contributed by atoms with E-state index in [0.717, 1.165) is 4.47 Å². The highest BCUT2D eigenvalue weighted by molar-refractivity contribution is 9.10. The first kappa shape index (κ1) is 16.5. The van der Waals surface area contributed by atoms with Crippen molar-refractivity contribution in [3.8, 4) is 0 Å². The monoisotopic (exact) mass is 388 g/mol. The summed E-state index contributed by atoms with van der Waals surface area (Å²) in [5.41, 5.74) is 0.442. The average molecular weight is 390 g/mol. The number of rotatable bonds is 5. The summed E-state index contributed by atoms with van der Waals surface area (Å²) in [6, 6.07) is 5.36. The zero-order valence-electron chi connectivity index (χ0n) is 11.3. The van der Waals surface area contributed by atoms with Crippen LogP contribution < -0.4 is 5.56 Å². The van der Waals surface area contributed by atoms with Crippen molar-refractivity contribution in [3.05, 3.63) is 44.6 Å². The molecule has 112 valence electrons. The third-order valence-electron chi connectivity index (χ3n) is 2.69. The van der Waals surface area contributed by atoms with Crippen molar-refractivity contribution in [1.82, 2.24) is 9.55 Å². The molecule has 1 N–H and O–H groups in total. The van der Waals surface area contributed by atoms with Gasteiger partial charge in [-0.05, 0) is 25.1 Å². The van der Waals surface area contributed by atoms with E-state index >= 15 is 0 Å². The van der Waals surface area contributed by atoms with Gasteiger partial charge in [0, 0.05) is 15.3 Å². The van der Waals surface area contributed by atoms with E-state index in [1.165, 1.54) is 16.3 Å². The molecule has 4 nitrogen and oxygen atoms in total. The lowest BCUT2D eigenvalue weighted by atomic mass is 10.2. The van der Waals surface area contributed by atoms with E-state index in [9.17, 15) is 9.90 Å². The molecule has 0 fully saturated rings. The van der Waals surface area contributed by atoms with Crippen molar-refractivity contribution in [1.29, 1.82) is 0 Å². The lowest BCUT2D eigenvalue weighted by Gasteiger charge is -2.14. The third kappa shape index (κ3) is 4.10. The maximum atomic E-state index is 12.6. The fraction of sp³-hybridized carbons (Fsp3) is 0.286. The number of aliphatic hydroxyl groups is 1. The third-order valence-corrected chi connectivity index (χ3v) is 4.53. The minimum absolute atomic E-state index is 0.176. The fourth-order valence-electron chi connectivity index (χ4n) is 1.85. The molecule has 0 radical (unpaired) electrons. The molecule has 0 spiro atoms. The van der Waals surface area contributed by atoms with Gasteiger partial charge in [-0.15, -0.1) is 0 Å². The Morgan fingerprint density at radius 1 is 1.62 bits per heavy atom. The Kier molecular flexibility index (Phi) is 5.48. The predicted octanol–water partition coefficient (Wildman–Crippen LogP) is 3.38. The minimum atomic E-state index is -0.646. The molecule has 1 aromatic carbocycles. The lowest BCUT2D eigenvalue weighted by Crippen LogP contribution is -2.27. The van der Waals surface area contributed by atoms with Crippen LogP contribution in [0.25, 0.3) is 10.9 Å². The summed E-state index contributed by atoms with van der Waals surface area (Å²) in [7, 11) is 0. The second kappa shape index (κ2) is 6.96. The van der Waals surface area contributed by atoms with E-state index in [1.807, 2.05) is 6.07 Å². The molecule has 0 saturated heterocycles. The van der Waals surface area contributed by atoms with E-state index in [-0.39, 0.29) is 12.1 Å². The molecule has 21 heavy (non-hydrogen) atoms. The maximum absolute atomic E-state index is 12.6. The second-order valence-electron chi connectivity index (χ2n) is 4.63. The Morgan fingerprint density at radius 3 is 2.95 bits per heavy atom. The van der Waals surface area contributed by atoms with Crippen LogP contribution in [0.4, 0.5) is 0 Å². The Labute approximate surface area is 140 Å². The summed E-state index contributed by atoms with van der Waals surface area (Å²) in [4.78, 5) is 17.1. The van der Waals surface area contributed by atoms with Gasteiger partial charge in [0.25, 0.3) is 5.56 Å². The van der Waals surface area contributed by atoms with E-state index in [1.54, 1.807) is 19.1 Å². The molecule has 2 rings (SSSR count). The molecule has 2 aromatic rings. The van der Waals surface area contributed by atoms with Gasteiger partial charge in [-0.2, -0.15) is 0 Å². The Morgan fingerprint density at radius 2 is 2.33 bits per heavy atom. The van der Waals surface area contributed by atoms with Crippen LogP contribution >= 0.6 is 39.3 Å². The van der Waals surface area contributed by atoms with E-state index in [2.05, 4.69) is 27.5 Å². The van der Waals surface area contributed by atoms with Crippen LogP contribution in [0.2, 0.25) is 0 Å². The van der Waals surface area contributed by atoms with Gasteiger partial charge in [-0.3, -0.25) is 9.36 Å². The number of hydrogen-bond acceptors (Lipinski definition) is 4. The molecule has 0 unspecified atom stereocenters. The Bertz CT molecular complexity index is 746. The van der Waals surface area contributed by atoms with Gasteiger partial charge in [0.15, 0.2) is 5.16 Å². The van der Waals surface area contributed by atoms with E-state index in [0.29, 0.717) is 26.8 Å². The van der Waals surface area contributed by atoms with Crippen LogP contribution in [0.5, 0.6) is 0 Å². The standard InChI is InChI=1S/C14H14BrClN2O2S/c1-8(16)7-21-14-17-12-4-3-10(15)5-11(12)13(20)18(14)6-9(2)19/h3-5,9,19H,1,6-7H2,2H3/t9-/m1/s1. The highest BCUT2D eigenvalue weighted by Crippen LogP contribution is 2.22. The van der Waals surface area contributed by atoms with Gasteiger partial charge in [-0.1, -0.05) is 45.9 Å². The first-order valence-corrected chi connectivity index (χ1v) is 8.38. The normalized spacial score (nSPS) is 12.6. The first-order valence-electron chi connectivity index (χ1n) is 6.22. The minimum Gasteiger partial charge on any atom is -0.392 e. The summed E-state index contributed by atoms with van der Waals surface area (Å²) in [6.45, 7) is 5.45. The Hall–Kier alpha value is -0.820. The van der Waals surface area contributed by atoms with Gasteiger partial charge in [-0.25, -0.2) is 4.98 Å². The van der Waals surface area contributed by atoms with Gasteiger partial charge in [0.05, 0.1) is 23.6 Å². The van der Waals surface area contributed by atoms with Gasteiger partial charge in [0.1, 0.15) is 0 Å². The largest absolute Gasteiger partial charge is 0.392 e. The smallest absolute Gasteiger partial charge is 0.262 e. The molecule has 0 bridgehead atoms. The van der Waals surface area contributed by atoms with Crippen molar-refractivity contribution >= 4 is 50.2 Å². The maximum Gasteiger partial charge on any atom is 0.262 e. The van der Waals surface area contributed by atoms with Crippen molar-refractivity contribution in [2.75, 3.05) is 5.75 Å². The Balaban J connectivity index is 2.61. The second-order valence-corrected chi connectivity index (χ2v) is 7.02. The highest BCUT2D eigenvalue weighted by Gasteiger charge is 2.13. The molecule has 0 aliphatic heterocycles. The van der Waals surface area contributed by atoms with Crippen LogP contribution in [0.15, 0.2) is 44.2 Å². The number of hydrogen-bond donors (Lipinski definition) is 1. The number of halogens is 2. The summed E-state index contributed by atoms with van der Waals surface area (Å²) in [6.07, 6.45) is -0.646. The molecule has 1 heterocycles. The molecular formula is C14H14BrClN2O2S. The summed E-state index contributed by atoms with van der Waals surface area (Å²) in [5, 5.41) is 11.1. The van der Waals surface area contributed by atoms with Crippen LogP contribution in [-0.4, -0.2) is 26.5 Å². The molecule has 0 aliphatic rings. The van der Waals surface area contributed by atoms with E-state index in [4.69, 9.17) is 11.6 Å². The van der Waals surface area contributed by atoms with Crippen LogP contribution in [0, 0.1) is 0 Å². The average Bonchev–Trinajstić information content (AvgIpc) is 2.40. The molecular weight excluding hydrogens is 376 g/mol. The first-order chi connectivity index (χ1) is 9.88. The van der Waals surface area contributed by atoms with Crippen molar-refractivity contribution in [2.45, 2.75) is 24.7 Å². The molecule has 0 amide bonds. The summed E-state index contributed by atoms with van der Waals surface area (Å²) < 4.78 is 2.29. The molecule has 1 aromatic heterocycles. The number of benzene rings is 1. The fourth-order valence-corrected chi connectivity index (χ4v) is 3.14. The number of nitrogens with zero attached hydrogens (tertiary/aromatic N) is 2. The lowest BCUT2D eigenvalue weighted by molar-refractivity contribution is 0.168. The summed E-state index contributed by atoms with van der Waals surface area (Å²) in [5.74, 6) is 0.454. The van der Waals surface area contributed by atoms with Crippen LogP contribution in [0.3, 0.4) is 0 Å². The van der Waals surface area contributed by atoms with Crippen LogP contribution in [-0.2, 0) is 6.54 Å². The topological polar surface area (TPSA) is 55.1 Å². The molecule has 1 atom stereocenters. The van der Waals surface area contributed by atoms with Gasteiger partial charge < -0.3 is 5.11 Å². The highest BCUT2D eigenvalue weighted by atomic mass is 79.9. The molecule has 0 saturated carbocycles. The predicted molar refractivity (Wildman–Crippen MR) is 91.1 cm³/mol. The van der Waals surface area contributed by atoms with Crippen molar-refractivity contribution in [2.24, 2.45) is 0 Å². The quantitative estimate of drug-likeness (QED) is 0.629. The zero-order chi connectivity index (χ0) is 15.6. The molecule has 0 aliphatic carbocycles. The summed E-state index contributed by atoms with van der Waals surface area (Å²) >= 11 is 10.5. The van der Waals surface area contributed by atoms with E-state index < -0.39 is 6.10 Å². The number of aromatic nitrogens is 2. The van der Waals surface area contributed by atoms with Gasteiger partial charge >= 0.3 is 0 Å².